The minimum absolute atomic E-state index is 0.0331. The van der Waals surface area contributed by atoms with Crippen LogP contribution in [0.5, 0.6) is 0 Å². The summed E-state index contributed by atoms with van der Waals surface area (Å²) in [6.07, 6.45) is 0.531. The number of hydrogen-bond acceptors (Lipinski definition) is 3. The van der Waals surface area contributed by atoms with Gasteiger partial charge in [-0.3, -0.25) is 9.59 Å². The highest BCUT2D eigenvalue weighted by Gasteiger charge is 2.32. The van der Waals surface area contributed by atoms with Crippen LogP contribution in [0.25, 0.3) is 0 Å². The molecule has 100 valence electrons. The van der Waals surface area contributed by atoms with Crippen molar-refractivity contribution < 1.29 is 19.4 Å². The van der Waals surface area contributed by atoms with Gasteiger partial charge in [0, 0.05) is 26.1 Å². The number of nitrogens with zero attached hydrogens (tertiary/aromatic N) is 1. The Bertz CT molecular complexity index is 274. The van der Waals surface area contributed by atoms with Gasteiger partial charge in [-0.1, -0.05) is 0 Å². The molecule has 0 bridgehead atoms. The Morgan fingerprint density at radius 2 is 1.88 bits per heavy atom. The summed E-state index contributed by atoms with van der Waals surface area (Å²) in [6, 6.07) is 0.0331. The molecule has 0 aliphatic rings. The molecule has 0 radical (unpaired) electrons. The van der Waals surface area contributed by atoms with E-state index in [9.17, 15) is 9.59 Å². The highest BCUT2D eigenvalue weighted by Crippen LogP contribution is 2.15. The number of carboxylic acid groups (broad SMARTS) is 1. The molecule has 0 saturated heterocycles. The first-order valence-electron chi connectivity index (χ1n) is 5.80. The van der Waals surface area contributed by atoms with Gasteiger partial charge < -0.3 is 14.7 Å². The molecule has 0 unspecified atom stereocenters. The zero-order valence-electron chi connectivity index (χ0n) is 11.3. The summed E-state index contributed by atoms with van der Waals surface area (Å²) in [6.45, 7) is 7.67. The van der Waals surface area contributed by atoms with Crippen LogP contribution in [0.2, 0.25) is 0 Å². The summed E-state index contributed by atoms with van der Waals surface area (Å²) >= 11 is 0. The van der Waals surface area contributed by atoms with E-state index in [2.05, 4.69) is 0 Å². The second-order valence-corrected chi connectivity index (χ2v) is 4.80. The average molecular weight is 245 g/mol. The fraction of sp³-hybridized carbons (Fsp3) is 0.833. The van der Waals surface area contributed by atoms with Gasteiger partial charge in [-0.05, 0) is 34.1 Å². The maximum absolute atomic E-state index is 12.2. The Balaban J connectivity index is 4.53. The van der Waals surface area contributed by atoms with Crippen molar-refractivity contribution >= 4 is 11.9 Å². The molecule has 0 atom stereocenters. The quantitative estimate of drug-likeness (QED) is 0.738. The zero-order valence-corrected chi connectivity index (χ0v) is 11.3. The van der Waals surface area contributed by atoms with Crippen molar-refractivity contribution in [3.05, 3.63) is 0 Å². The highest BCUT2D eigenvalue weighted by atomic mass is 16.5. The summed E-state index contributed by atoms with van der Waals surface area (Å²) in [4.78, 5) is 24.3. The van der Waals surface area contributed by atoms with Gasteiger partial charge >= 0.3 is 5.97 Å². The summed E-state index contributed by atoms with van der Waals surface area (Å²) in [5, 5.41) is 8.58. The fourth-order valence-corrected chi connectivity index (χ4v) is 1.43. The first-order valence-corrected chi connectivity index (χ1v) is 5.80. The van der Waals surface area contributed by atoms with Crippen LogP contribution in [0.1, 0.15) is 40.5 Å². The number of ether oxygens (including phenoxy) is 1. The molecule has 0 rings (SSSR count). The van der Waals surface area contributed by atoms with E-state index >= 15 is 0 Å². The smallest absolute Gasteiger partial charge is 0.303 e. The van der Waals surface area contributed by atoms with Crippen LogP contribution >= 0.6 is 0 Å². The Morgan fingerprint density at radius 3 is 2.24 bits per heavy atom. The molecular weight excluding hydrogens is 222 g/mol. The molecule has 1 N–H and O–H groups in total. The van der Waals surface area contributed by atoms with Gasteiger partial charge in [0.25, 0.3) is 5.91 Å². The molecule has 0 aliphatic carbocycles. The van der Waals surface area contributed by atoms with Gasteiger partial charge in [0.1, 0.15) is 5.60 Å². The number of carboxylic acids is 1. The zero-order chi connectivity index (χ0) is 13.6. The molecule has 1 amide bonds. The third-order valence-electron chi connectivity index (χ3n) is 2.70. The minimum Gasteiger partial charge on any atom is -0.481 e. The molecule has 0 aromatic rings. The van der Waals surface area contributed by atoms with Crippen LogP contribution in [0.3, 0.4) is 0 Å². The Labute approximate surface area is 103 Å². The molecule has 0 spiro atoms. The standard InChI is InChI=1S/C12H23NO4/c1-9(2)13(8-6-7-10(14)15)11(16)12(3,4)17-5/h9H,6-8H2,1-5H3,(H,14,15). The van der Waals surface area contributed by atoms with Gasteiger partial charge in [-0.2, -0.15) is 0 Å². The van der Waals surface area contributed by atoms with Gasteiger partial charge in [-0.25, -0.2) is 0 Å². The molecule has 5 nitrogen and oxygen atoms in total. The number of carbonyl (C=O) groups excluding carboxylic acids is 1. The van der Waals surface area contributed by atoms with Crippen LogP contribution in [0.15, 0.2) is 0 Å². The van der Waals surface area contributed by atoms with Crippen molar-refractivity contribution in [1.82, 2.24) is 4.90 Å². The number of rotatable bonds is 7. The van der Waals surface area contributed by atoms with Crippen molar-refractivity contribution in [1.29, 1.82) is 0 Å². The first-order chi connectivity index (χ1) is 7.72. The predicted octanol–water partition coefficient (Wildman–Crippen LogP) is 1.51. The Hall–Kier alpha value is -1.10. The van der Waals surface area contributed by atoms with Gasteiger partial charge in [0.05, 0.1) is 0 Å². The highest BCUT2D eigenvalue weighted by molar-refractivity contribution is 5.84. The van der Waals surface area contributed by atoms with Crippen molar-refractivity contribution in [3.63, 3.8) is 0 Å². The van der Waals surface area contributed by atoms with Crippen LogP contribution in [-0.4, -0.2) is 47.2 Å². The third kappa shape index (κ3) is 5.17. The number of amides is 1. The molecule has 0 aromatic heterocycles. The number of hydrogen-bond donors (Lipinski definition) is 1. The van der Waals surface area contributed by atoms with E-state index < -0.39 is 11.6 Å². The molecular formula is C12H23NO4. The van der Waals surface area contributed by atoms with Crippen molar-refractivity contribution in [2.75, 3.05) is 13.7 Å². The van der Waals surface area contributed by atoms with E-state index in [1.165, 1.54) is 7.11 Å². The lowest BCUT2D eigenvalue weighted by Gasteiger charge is -2.33. The number of carbonyl (C=O) groups is 2. The third-order valence-corrected chi connectivity index (χ3v) is 2.70. The molecule has 0 heterocycles. The molecule has 5 heteroatoms. The summed E-state index contributed by atoms with van der Waals surface area (Å²) in [7, 11) is 1.49. The van der Waals surface area contributed by atoms with Gasteiger partial charge in [0.2, 0.25) is 0 Å². The van der Waals surface area contributed by atoms with E-state index in [0.29, 0.717) is 13.0 Å². The largest absolute Gasteiger partial charge is 0.481 e. The summed E-state index contributed by atoms with van der Waals surface area (Å²) in [5.41, 5.74) is -0.868. The van der Waals surface area contributed by atoms with E-state index in [-0.39, 0.29) is 18.4 Å². The lowest BCUT2D eigenvalue weighted by Crippen LogP contribution is -2.49. The lowest BCUT2D eigenvalue weighted by molar-refractivity contribution is -0.153. The lowest BCUT2D eigenvalue weighted by atomic mass is 10.1. The second-order valence-electron chi connectivity index (χ2n) is 4.80. The van der Waals surface area contributed by atoms with Crippen LogP contribution < -0.4 is 0 Å². The van der Waals surface area contributed by atoms with Crippen LogP contribution in [0, 0.1) is 0 Å². The van der Waals surface area contributed by atoms with Crippen molar-refractivity contribution in [2.45, 2.75) is 52.2 Å². The van der Waals surface area contributed by atoms with E-state index in [1.54, 1.807) is 18.7 Å². The molecule has 0 fully saturated rings. The fourth-order valence-electron chi connectivity index (χ4n) is 1.43. The predicted molar refractivity (Wildman–Crippen MR) is 64.8 cm³/mol. The van der Waals surface area contributed by atoms with Gasteiger partial charge in [-0.15, -0.1) is 0 Å². The maximum atomic E-state index is 12.2. The van der Waals surface area contributed by atoms with Gasteiger partial charge in [0.15, 0.2) is 0 Å². The number of methoxy groups -OCH3 is 1. The normalized spacial score (nSPS) is 11.6. The first kappa shape index (κ1) is 15.9. The van der Waals surface area contributed by atoms with E-state index in [0.717, 1.165) is 0 Å². The SMILES string of the molecule is COC(C)(C)C(=O)N(CCCC(=O)O)C(C)C. The maximum Gasteiger partial charge on any atom is 0.303 e. The molecule has 17 heavy (non-hydrogen) atoms. The van der Waals surface area contributed by atoms with Crippen LogP contribution in [-0.2, 0) is 14.3 Å². The van der Waals surface area contributed by atoms with Crippen molar-refractivity contribution in [2.24, 2.45) is 0 Å². The summed E-state index contributed by atoms with van der Waals surface area (Å²) in [5.74, 6) is -0.951. The van der Waals surface area contributed by atoms with Crippen LogP contribution in [0.4, 0.5) is 0 Å². The molecule has 0 aromatic carbocycles. The van der Waals surface area contributed by atoms with E-state index in [4.69, 9.17) is 9.84 Å². The molecule has 0 saturated carbocycles. The topological polar surface area (TPSA) is 66.8 Å². The van der Waals surface area contributed by atoms with Crippen molar-refractivity contribution in [3.8, 4) is 0 Å². The second kappa shape index (κ2) is 6.59. The van der Waals surface area contributed by atoms with E-state index in [1.807, 2.05) is 13.8 Å². The average Bonchev–Trinajstić information content (AvgIpc) is 2.22. The Kier molecular flexibility index (Phi) is 6.16. The monoisotopic (exact) mass is 245 g/mol. The Morgan fingerprint density at radius 1 is 1.35 bits per heavy atom. The molecule has 0 aliphatic heterocycles. The summed E-state index contributed by atoms with van der Waals surface area (Å²) < 4.78 is 5.15. The minimum atomic E-state index is -0.868. The number of aliphatic carboxylic acids is 1.